The molecule has 2 amide bonds. The summed E-state index contributed by atoms with van der Waals surface area (Å²) in [6.07, 6.45) is 0. The number of carbonyl (C=O) groups excluding carboxylic acids is 1. The van der Waals surface area contributed by atoms with Crippen LogP contribution in [-0.2, 0) is 0 Å². The third kappa shape index (κ3) is 5.15. The Balaban J connectivity index is 2.56. The molecule has 0 saturated heterocycles. The minimum absolute atomic E-state index is 0.295. The van der Waals surface area contributed by atoms with Gasteiger partial charge in [-0.05, 0) is 32.9 Å². The van der Waals surface area contributed by atoms with Gasteiger partial charge >= 0.3 is 6.03 Å². The van der Waals surface area contributed by atoms with Crippen molar-refractivity contribution in [2.45, 2.75) is 26.3 Å². The maximum absolute atomic E-state index is 11.4. The second-order valence-electron chi connectivity index (χ2n) is 4.48. The van der Waals surface area contributed by atoms with Crippen LogP contribution in [0.3, 0.4) is 0 Å². The van der Waals surface area contributed by atoms with Crippen LogP contribution >= 0.6 is 23.2 Å². The van der Waals surface area contributed by atoms with Crippen LogP contribution in [0, 0.1) is 0 Å². The van der Waals surface area contributed by atoms with Gasteiger partial charge in [0.2, 0.25) is 0 Å². The zero-order valence-electron chi connectivity index (χ0n) is 9.80. The number of halogens is 2. The Hall–Kier alpha value is -1.13. The molecule has 1 rings (SSSR count). The van der Waals surface area contributed by atoms with Crippen molar-refractivity contribution in [1.29, 1.82) is 0 Å². The lowest BCUT2D eigenvalue weighted by Crippen LogP contribution is -2.47. The SMILES string of the molecule is CC(C)(C)NC(=O)NOc1cc(Cl)ccc1Cl. The van der Waals surface area contributed by atoms with E-state index in [4.69, 9.17) is 28.0 Å². The van der Waals surface area contributed by atoms with E-state index in [2.05, 4.69) is 10.8 Å². The summed E-state index contributed by atoms with van der Waals surface area (Å²) in [4.78, 5) is 16.5. The van der Waals surface area contributed by atoms with Gasteiger partial charge in [-0.1, -0.05) is 23.2 Å². The van der Waals surface area contributed by atoms with Crippen molar-refractivity contribution in [3.63, 3.8) is 0 Å². The molecule has 17 heavy (non-hydrogen) atoms. The van der Waals surface area contributed by atoms with E-state index in [9.17, 15) is 4.79 Å². The molecule has 0 aliphatic heterocycles. The first kappa shape index (κ1) is 13.9. The lowest BCUT2D eigenvalue weighted by atomic mass is 10.1. The fourth-order valence-corrected chi connectivity index (χ4v) is 1.34. The van der Waals surface area contributed by atoms with Gasteiger partial charge in [0, 0.05) is 16.6 Å². The number of rotatable bonds is 2. The third-order valence-corrected chi connectivity index (χ3v) is 2.18. The maximum atomic E-state index is 11.4. The number of carbonyl (C=O) groups is 1. The van der Waals surface area contributed by atoms with Crippen LogP contribution in [0.4, 0.5) is 4.79 Å². The molecular weight excluding hydrogens is 263 g/mol. The second-order valence-corrected chi connectivity index (χ2v) is 5.33. The highest BCUT2D eigenvalue weighted by Gasteiger charge is 2.14. The third-order valence-electron chi connectivity index (χ3n) is 1.64. The van der Waals surface area contributed by atoms with Crippen LogP contribution in [0.2, 0.25) is 10.0 Å². The van der Waals surface area contributed by atoms with E-state index in [-0.39, 0.29) is 5.54 Å². The Morgan fingerprint density at radius 2 is 1.94 bits per heavy atom. The highest BCUT2D eigenvalue weighted by molar-refractivity contribution is 6.34. The molecule has 0 unspecified atom stereocenters. The highest BCUT2D eigenvalue weighted by atomic mass is 35.5. The molecule has 0 saturated carbocycles. The van der Waals surface area contributed by atoms with Gasteiger partial charge in [-0.3, -0.25) is 0 Å². The fraction of sp³-hybridized carbons (Fsp3) is 0.364. The smallest absolute Gasteiger partial charge is 0.348 e. The largest absolute Gasteiger partial charge is 0.376 e. The van der Waals surface area contributed by atoms with Crippen LogP contribution in [0.15, 0.2) is 18.2 Å². The predicted octanol–water partition coefficient (Wildman–Crippen LogP) is 3.38. The molecule has 0 aliphatic rings. The molecule has 0 aromatic heterocycles. The molecule has 0 fully saturated rings. The van der Waals surface area contributed by atoms with Crippen LogP contribution in [0.1, 0.15) is 20.8 Å². The van der Waals surface area contributed by atoms with E-state index < -0.39 is 6.03 Å². The van der Waals surface area contributed by atoms with Crippen molar-refractivity contribution < 1.29 is 9.63 Å². The summed E-state index contributed by atoms with van der Waals surface area (Å²) < 4.78 is 0. The summed E-state index contributed by atoms with van der Waals surface area (Å²) in [7, 11) is 0. The van der Waals surface area contributed by atoms with Crippen LogP contribution in [0.5, 0.6) is 5.75 Å². The van der Waals surface area contributed by atoms with E-state index in [0.29, 0.717) is 15.8 Å². The zero-order valence-corrected chi connectivity index (χ0v) is 11.3. The Kier molecular flexibility index (Phi) is 4.48. The van der Waals surface area contributed by atoms with Crippen LogP contribution in [-0.4, -0.2) is 11.6 Å². The lowest BCUT2D eigenvalue weighted by Gasteiger charge is -2.20. The first-order chi connectivity index (χ1) is 7.78. The van der Waals surface area contributed by atoms with Gasteiger partial charge in [-0.2, -0.15) is 5.48 Å². The van der Waals surface area contributed by atoms with Crippen molar-refractivity contribution in [3.8, 4) is 5.75 Å². The monoisotopic (exact) mass is 276 g/mol. The van der Waals surface area contributed by atoms with Crippen molar-refractivity contribution in [1.82, 2.24) is 10.8 Å². The average Bonchev–Trinajstić information content (AvgIpc) is 2.17. The Morgan fingerprint density at radius 1 is 1.29 bits per heavy atom. The predicted molar refractivity (Wildman–Crippen MR) is 68.5 cm³/mol. The Morgan fingerprint density at radius 3 is 2.53 bits per heavy atom. The summed E-state index contributed by atoms with van der Waals surface area (Å²) in [5.41, 5.74) is 1.89. The number of nitrogens with one attached hydrogen (secondary N) is 2. The van der Waals surface area contributed by atoms with E-state index in [1.54, 1.807) is 12.1 Å². The van der Waals surface area contributed by atoms with Crippen molar-refractivity contribution in [2.75, 3.05) is 0 Å². The number of urea groups is 1. The second kappa shape index (κ2) is 5.47. The Bertz CT molecular complexity index is 416. The first-order valence-electron chi connectivity index (χ1n) is 4.98. The van der Waals surface area contributed by atoms with Crippen molar-refractivity contribution >= 4 is 29.2 Å². The summed E-state index contributed by atoms with van der Waals surface area (Å²) in [6, 6.07) is 4.28. The first-order valence-corrected chi connectivity index (χ1v) is 5.73. The van der Waals surface area contributed by atoms with Gasteiger partial charge in [-0.15, -0.1) is 0 Å². The van der Waals surface area contributed by atoms with Crippen molar-refractivity contribution in [2.24, 2.45) is 0 Å². The standard InChI is InChI=1S/C11H14Cl2N2O2/c1-11(2,3)14-10(16)15-17-9-6-7(12)4-5-8(9)13/h4-6H,1-3H3,(H2,14,15,16). The van der Waals surface area contributed by atoms with E-state index in [1.165, 1.54) is 6.07 Å². The van der Waals surface area contributed by atoms with Gasteiger partial charge in [0.25, 0.3) is 0 Å². The maximum Gasteiger partial charge on any atom is 0.348 e. The molecule has 0 aliphatic carbocycles. The zero-order chi connectivity index (χ0) is 13.1. The van der Waals surface area contributed by atoms with Gasteiger partial charge in [0.1, 0.15) is 0 Å². The normalized spacial score (nSPS) is 10.9. The number of benzene rings is 1. The topological polar surface area (TPSA) is 50.4 Å². The number of amides is 2. The van der Waals surface area contributed by atoms with Crippen LogP contribution < -0.4 is 15.6 Å². The van der Waals surface area contributed by atoms with E-state index in [1.807, 2.05) is 20.8 Å². The van der Waals surface area contributed by atoms with Gasteiger partial charge in [0.05, 0.1) is 5.02 Å². The molecule has 0 bridgehead atoms. The minimum atomic E-state index is -0.450. The summed E-state index contributed by atoms with van der Waals surface area (Å²) >= 11 is 11.6. The summed E-state index contributed by atoms with van der Waals surface area (Å²) in [5, 5.41) is 3.51. The molecule has 1 aromatic carbocycles. The average molecular weight is 277 g/mol. The number of hydroxylamine groups is 1. The van der Waals surface area contributed by atoms with Gasteiger partial charge in [0.15, 0.2) is 5.75 Å². The fourth-order valence-electron chi connectivity index (χ4n) is 1.02. The highest BCUT2D eigenvalue weighted by Crippen LogP contribution is 2.26. The lowest BCUT2D eigenvalue weighted by molar-refractivity contribution is 0.171. The molecular formula is C11H14Cl2N2O2. The number of hydrogen-bond acceptors (Lipinski definition) is 2. The molecule has 0 atom stereocenters. The number of hydrogen-bond donors (Lipinski definition) is 2. The molecule has 2 N–H and O–H groups in total. The van der Waals surface area contributed by atoms with Gasteiger partial charge < -0.3 is 10.2 Å². The molecule has 6 heteroatoms. The quantitative estimate of drug-likeness (QED) is 0.814. The molecule has 1 aromatic rings. The molecule has 0 spiro atoms. The van der Waals surface area contributed by atoms with E-state index >= 15 is 0 Å². The molecule has 0 radical (unpaired) electrons. The van der Waals surface area contributed by atoms with Crippen LogP contribution in [0.25, 0.3) is 0 Å². The van der Waals surface area contributed by atoms with E-state index in [0.717, 1.165) is 0 Å². The molecule has 4 nitrogen and oxygen atoms in total. The summed E-state index contributed by atoms with van der Waals surface area (Å²) in [5.74, 6) is 0.295. The van der Waals surface area contributed by atoms with Gasteiger partial charge in [-0.25, -0.2) is 4.79 Å². The molecule has 0 heterocycles. The van der Waals surface area contributed by atoms with Crippen molar-refractivity contribution in [3.05, 3.63) is 28.2 Å². The molecule has 94 valence electrons. The summed E-state index contributed by atoms with van der Waals surface area (Å²) in [6.45, 7) is 5.58. The Labute approximate surface area is 110 Å². The minimum Gasteiger partial charge on any atom is -0.376 e.